The molecule has 1 atom stereocenters. The normalized spacial score (nSPS) is 19.9. The molecule has 1 aliphatic rings. The molecule has 5 heteroatoms. The Labute approximate surface area is 113 Å². The summed E-state index contributed by atoms with van der Waals surface area (Å²) in [5, 5.41) is 2.80. The summed E-state index contributed by atoms with van der Waals surface area (Å²) in [5.41, 5.74) is 0.0150. The van der Waals surface area contributed by atoms with Gasteiger partial charge in [0, 0.05) is 25.3 Å². The maximum absolute atomic E-state index is 13.3. The zero-order valence-electron chi connectivity index (χ0n) is 11.4. The molecule has 2 rings (SSSR count). The Balaban J connectivity index is 1.84. The maximum atomic E-state index is 13.3. The van der Waals surface area contributed by atoms with Gasteiger partial charge in [-0.2, -0.15) is 4.39 Å². The number of nitrogens with zero attached hydrogens (tertiary/aromatic N) is 2. The van der Waals surface area contributed by atoms with E-state index in [1.54, 1.807) is 6.07 Å². The average molecular weight is 265 g/mol. The second kappa shape index (κ2) is 6.10. The SMILES string of the molecule is CC(C)N1CCC(CNC(=O)c2cccnc2F)C1. The smallest absolute Gasteiger partial charge is 0.255 e. The van der Waals surface area contributed by atoms with Crippen LogP contribution in [0.1, 0.15) is 30.6 Å². The first-order valence-electron chi connectivity index (χ1n) is 6.70. The molecule has 1 fully saturated rings. The molecule has 1 aliphatic heterocycles. The van der Waals surface area contributed by atoms with Crippen molar-refractivity contribution in [1.29, 1.82) is 0 Å². The number of carbonyl (C=O) groups excluding carboxylic acids is 1. The van der Waals surface area contributed by atoms with E-state index in [0.29, 0.717) is 18.5 Å². The third kappa shape index (κ3) is 3.50. The van der Waals surface area contributed by atoms with Crippen molar-refractivity contribution in [3.63, 3.8) is 0 Å². The first-order chi connectivity index (χ1) is 9.08. The third-order valence-corrected chi connectivity index (χ3v) is 3.60. The number of hydrogen-bond acceptors (Lipinski definition) is 3. The fraction of sp³-hybridized carbons (Fsp3) is 0.571. The minimum Gasteiger partial charge on any atom is -0.352 e. The van der Waals surface area contributed by atoms with E-state index in [9.17, 15) is 9.18 Å². The molecule has 0 aromatic carbocycles. The van der Waals surface area contributed by atoms with Gasteiger partial charge < -0.3 is 10.2 Å². The van der Waals surface area contributed by atoms with Crippen LogP contribution in [0.15, 0.2) is 18.3 Å². The number of hydrogen-bond donors (Lipinski definition) is 1. The lowest BCUT2D eigenvalue weighted by Gasteiger charge is -2.20. The van der Waals surface area contributed by atoms with Crippen LogP contribution in [0.2, 0.25) is 0 Å². The molecule has 2 heterocycles. The summed E-state index contributed by atoms with van der Waals surface area (Å²) < 4.78 is 13.3. The number of halogens is 1. The summed E-state index contributed by atoms with van der Waals surface area (Å²) in [5.74, 6) is -0.644. The predicted octanol–water partition coefficient (Wildman–Crippen LogP) is 1.68. The van der Waals surface area contributed by atoms with E-state index in [1.165, 1.54) is 12.3 Å². The Bertz CT molecular complexity index is 450. The molecule has 0 radical (unpaired) electrons. The van der Waals surface area contributed by atoms with Gasteiger partial charge in [0.1, 0.15) is 0 Å². The molecule has 1 aromatic heterocycles. The van der Waals surface area contributed by atoms with Gasteiger partial charge in [0.15, 0.2) is 0 Å². The molecule has 1 unspecified atom stereocenters. The van der Waals surface area contributed by atoms with Crippen LogP contribution < -0.4 is 5.32 Å². The van der Waals surface area contributed by atoms with Crippen LogP contribution in [0.5, 0.6) is 0 Å². The predicted molar refractivity (Wildman–Crippen MR) is 71.3 cm³/mol. The fourth-order valence-corrected chi connectivity index (χ4v) is 2.39. The lowest BCUT2D eigenvalue weighted by Crippen LogP contribution is -2.33. The Morgan fingerprint density at radius 2 is 2.42 bits per heavy atom. The minimum absolute atomic E-state index is 0.0150. The van der Waals surface area contributed by atoms with Crippen LogP contribution >= 0.6 is 0 Å². The molecule has 1 saturated heterocycles. The van der Waals surface area contributed by atoms with Crippen molar-refractivity contribution in [2.45, 2.75) is 26.3 Å². The molecule has 0 saturated carbocycles. The van der Waals surface area contributed by atoms with Crippen LogP contribution in [-0.4, -0.2) is 41.5 Å². The highest BCUT2D eigenvalue weighted by molar-refractivity contribution is 5.94. The number of aromatic nitrogens is 1. The van der Waals surface area contributed by atoms with Gasteiger partial charge in [0.05, 0.1) is 5.56 Å². The van der Waals surface area contributed by atoms with Crippen molar-refractivity contribution in [2.75, 3.05) is 19.6 Å². The van der Waals surface area contributed by atoms with E-state index < -0.39 is 5.95 Å². The molecule has 1 amide bonds. The highest BCUT2D eigenvalue weighted by Crippen LogP contribution is 2.17. The number of amides is 1. The second-order valence-electron chi connectivity index (χ2n) is 5.30. The highest BCUT2D eigenvalue weighted by Gasteiger charge is 2.24. The van der Waals surface area contributed by atoms with E-state index in [1.807, 2.05) is 0 Å². The third-order valence-electron chi connectivity index (χ3n) is 3.60. The lowest BCUT2D eigenvalue weighted by molar-refractivity contribution is 0.0942. The van der Waals surface area contributed by atoms with Crippen LogP contribution in [0.3, 0.4) is 0 Å². The summed E-state index contributed by atoms with van der Waals surface area (Å²) in [7, 11) is 0. The molecule has 0 bridgehead atoms. The van der Waals surface area contributed by atoms with Crippen LogP contribution in [0.4, 0.5) is 4.39 Å². The van der Waals surface area contributed by atoms with Crippen molar-refractivity contribution in [2.24, 2.45) is 5.92 Å². The van der Waals surface area contributed by atoms with E-state index in [-0.39, 0.29) is 11.5 Å². The van der Waals surface area contributed by atoms with Gasteiger partial charge in [-0.3, -0.25) is 4.79 Å². The quantitative estimate of drug-likeness (QED) is 0.842. The average Bonchev–Trinajstić information content (AvgIpc) is 2.85. The van der Waals surface area contributed by atoms with Gasteiger partial charge in [-0.15, -0.1) is 0 Å². The number of rotatable bonds is 4. The molecule has 19 heavy (non-hydrogen) atoms. The van der Waals surface area contributed by atoms with Gasteiger partial charge in [-0.25, -0.2) is 4.98 Å². The molecule has 1 N–H and O–H groups in total. The summed E-state index contributed by atoms with van der Waals surface area (Å²) >= 11 is 0. The van der Waals surface area contributed by atoms with Gasteiger partial charge >= 0.3 is 0 Å². The zero-order valence-corrected chi connectivity index (χ0v) is 11.4. The van der Waals surface area contributed by atoms with Crippen LogP contribution in [0, 0.1) is 11.9 Å². The molecule has 0 spiro atoms. The Morgan fingerprint density at radius 3 is 3.05 bits per heavy atom. The molecular formula is C14H20FN3O. The Kier molecular flexibility index (Phi) is 4.47. The van der Waals surface area contributed by atoms with E-state index >= 15 is 0 Å². The van der Waals surface area contributed by atoms with Gasteiger partial charge in [-0.05, 0) is 44.9 Å². The standard InChI is InChI=1S/C14H20FN3O/c1-10(2)18-7-5-11(9-18)8-17-14(19)12-4-3-6-16-13(12)15/h3-4,6,10-11H,5,7-9H2,1-2H3,(H,17,19). The van der Waals surface area contributed by atoms with Crippen molar-refractivity contribution >= 4 is 5.91 Å². The van der Waals surface area contributed by atoms with Crippen molar-refractivity contribution < 1.29 is 9.18 Å². The topological polar surface area (TPSA) is 45.2 Å². The largest absolute Gasteiger partial charge is 0.352 e. The second-order valence-corrected chi connectivity index (χ2v) is 5.30. The number of carbonyl (C=O) groups is 1. The molecular weight excluding hydrogens is 245 g/mol. The van der Waals surface area contributed by atoms with Crippen molar-refractivity contribution in [3.05, 3.63) is 29.8 Å². The molecule has 104 valence electrons. The first-order valence-corrected chi connectivity index (χ1v) is 6.70. The summed E-state index contributed by atoms with van der Waals surface area (Å²) in [4.78, 5) is 17.7. The Morgan fingerprint density at radius 1 is 1.63 bits per heavy atom. The summed E-state index contributed by atoms with van der Waals surface area (Å²) in [6.07, 6.45) is 2.41. The van der Waals surface area contributed by atoms with Crippen molar-refractivity contribution in [3.8, 4) is 0 Å². The van der Waals surface area contributed by atoms with E-state index in [4.69, 9.17) is 0 Å². The van der Waals surface area contributed by atoms with Gasteiger partial charge in [-0.1, -0.05) is 0 Å². The van der Waals surface area contributed by atoms with Gasteiger partial charge in [0.2, 0.25) is 5.95 Å². The number of nitrogens with one attached hydrogen (secondary N) is 1. The molecule has 4 nitrogen and oxygen atoms in total. The minimum atomic E-state index is -0.713. The lowest BCUT2D eigenvalue weighted by atomic mass is 10.1. The summed E-state index contributed by atoms with van der Waals surface area (Å²) in [6, 6.07) is 3.55. The monoisotopic (exact) mass is 265 g/mol. The number of pyridine rings is 1. The van der Waals surface area contributed by atoms with Crippen LogP contribution in [-0.2, 0) is 0 Å². The zero-order chi connectivity index (χ0) is 13.8. The van der Waals surface area contributed by atoms with E-state index in [2.05, 4.69) is 29.0 Å². The van der Waals surface area contributed by atoms with Crippen molar-refractivity contribution in [1.82, 2.24) is 15.2 Å². The molecule has 1 aromatic rings. The van der Waals surface area contributed by atoms with Crippen LogP contribution in [0.25, 0.3) is 0 Å². The summed E-state index contributed by atoms with van der Waals surface area (Å²) in [6.45, 7) is 7.00. The van der Waals surface area contributed by atoms with E-state index in [0.717, 1.165) is 19.5 Å². The van der Waals surface area contributed by atoms with Gasteiger partial charge in [0.25, 0.3) is 5.91 Å². The number of likely N-dealkylation sites (tertiary alicyclic amines) is 1. The maximum Gasteiger partial charge on any atom is 0.255 e. The Hall–Kier alpha value is -1.49. The fourth-order valence-electron chi connectivity index (χ4n) is 2.39. The first kappa shape index (κ1) is 13.9. The highest BCUT2D eigenvalue weighted by atomic mass is 19.1. The molecule has 0 aliphatic carbocycles.